The third-order valence-electron chi connectivity index (χ3n) is 12.5. The molecule has 0 amide bonds. The van der Waals surface area contributed by atoms with Gasteiger partial charge in [-0.3, -0.25) is 9.59 Å². The normalized spacial score (nSPS) is 13.6. The first-order chi connectivity index (χ1) is 41.9. The number of aliphatic hydroxyl groups excluding tert-OH is 2. The summed E-state index contributed by atoms with van der Waals surface area (Å²) in [6.07, 6.45) is 1.49. The molecule has 4 atom stereocenters. The summed E-state index contributed by atoms with van der Waals surface area (Å²) in [7, 11) is 21.5. The summed E-state index contributed by atoms with van der Waals surface area (Å²) in [5, 5.41) is 37.2. The van der Waals surface area contributed by atoms with Crippen LogP contribution in [0.15, 0.2) is 42.5 Å². The Morgan fingerprint density at radius 3 is 1.20 bits per heavy atom. The number of carbonyl (C=O) groups is 4. The molecule has 5 aromatic rings. The molecule has 0 aromatic heterocycles. The van der Waals surface area contributed by atoms with Crippen molar-refractivity contribution in [3.63, 3.8) is 0 Å². The van der Waals surface area contributed by atoms with Crippen molar-refractivity contribution in [3.8, 4) is 86.2 Å². The summed E-state index contributed by atoms with van der Waals surface area (Å²) in [6.45, 7) is 8.50. The van der Waals surface area contributed by atoms with Crippen LogP contribution in [0.5, 0.6) is 86.2 Å². The minimum Gasteiger partial charge on any atom is -0.662 e. The standard InChI is InChI=1S/C13H16O5.C12H17IO4.C12H14O5.C12H18O4.C12H16O4.CH2O3.Na/c1-7-5-8-6-9(15-2)11(16-3)12(17-4)10(8)13(14)18-7;1-7(14)5-8-6-9(15-2)11(16-3)12(17-4)10(8)13;1-6-4-7-5-8(15-2)11(16-3)10(13)9(7)12(14)17-6;2*1-8(13)5-9-6-10(14-2)12(16-4)11(7-9)15-3;2-1-4-3;/h6-7H,5H2,1-4H3;6-7,14H,5H2,1-4H3;5-6,13H,4H2,1-3H3;6-8,13H,5H2,1-4H3;6-7H,5H2,1-4H3;1,3H;/q;;;;;;+1/p-1. The monoisotopic (exact) mass is 1380 g/mol. The number of hydrogen-bond acceptors (Lipinski definition) is 25. The first-order valence-corrected chi connectivity index (χ1v) is 27.8. The molecule has 2 aliphatic rings. The van der Waals surface area contributed by atoms with E-state index in [9.17, 15) is 29.7 Å². The number of fused-ring (bicyclic) bond motifs is 2. The molecule has 0 saturated heterocycles. The number of esters is 2. The Hall–Kier alpha value is -7.21. The van der Waals surface area contributed by atoms with Gasteiger partial charge in [0.05, 0.1) is 115 Å². The molecule has 0 saturated carbocycles. The van der Waals surface area contributed by atoms with Crippen LogP contribution in [0.25, 0.3) is 0 Å². The van der Waals surface area contributed by atoms with Crippen LogP contribution in [0, 0.1) is 3.57 Å². The summed E-state index contributed by atoms with van der Waals surface area (Å²) in [5.74, 6) is 6.12. The number of aromatic hydroxyl groups is 1. The first-order valence-electron chi connectivity index (χ1n) is 26.7. The number of methoxy groups -OCH3 is 14. The van der Waals surface area contributed by atoms with E-state index in [1.54, 1.807) is 123 Å². The summed E-state index contributed by atoms with van der Waals surface area (Å²) < 4.78 is 84.2. The average molecular weight is 1380 g/mol. The summed E-state index contributed by atoms with van der Waals surface area (Å²) in [6, 6.07) is 12.6. The number of rotatable bonds is 21. The third-order valence-corrected chi connectivity index (χ3v) is 13.7. The molecule has 27 heteroatoms. The van der Waals surface area contributed by atoms with E-state index in [0.717, 1.165) is 25.8 Å². The maximum Gasteiger partial charge on any atom is 1.00 e. The second kappa shape index (κ2) is 40.4. The topological polar surface area (TPSA) is 309 Å². The van der Waals surface area contributed by atoms with Gasteiger partial charge < -0.3 is 101 Å². The quantitative estimate of drug-likeness (QED) is 0.0228. The van der Waals surface area contributed by atoms with Gasteiger partial charge in [0.25, 0.3) is 6.47 Å². The van der Waals surface area contributed by atoms with Gasteiger partial charge in [0.1, 0.15) is 29.1 Å². The SMILES string of the molecule is COc1cc(CC(C)=O)cc(OC)c1OC.COc1cc(CC(C)O)c(I)c(OC)c1OC.COc1cc(CC(C)O)cc(OC)c1OC.COc1cc2c(c(O)c1OC)C(=O)OC(C)C2.COc1cc2c(c(OC)c1OC)C(=O)OC(C)C2.O=CO[O-].[Na+]. The van der Waals surface area contributed by atoms with Crippen LogP contribution in [0.3, 0.4) is 0 Å². The number of cyclic esters (lactones) is 2. The Labute approximate surface area is 555 Å². The zero-order valence-corrected chi connectivity index (χ0v) is 58.3. The van der Waals surface area contributed by atoms with Crippen molar-refractivity contribution in [1.82, 2.24) is 0 Å². The molecule has 0 aliphatic carbocycles. The predicted octanol–water partition coefficient (Wildman–Crippen LogP) is 4.48. The molecule has 0 bridgehead atoms. The van der Waals surface area contributed by atoms with Crippen LogP contribution in [0.4, 0.5) is 0 Å². The van der Waals surface area contributed by atoms with Crippen LogP contribution in [0.1, 0.15) is 83.2 Å². The van der Waals surface area contributed by atoms with Crippen LogP contribution < -0.4 is 101 Å². The molecule has 0 spiro atoms. The third kappa shape index (κ3) is 22.4. The Balaban J connectivity index is 0.000000546. The second-order valence-corrected chi connectivity index (χ2v) is 20.0. The Morgan fingerprint density at radius 1 is 0.528 bits per heavy atom. The van der Waals surface area contributed by atoms with E-state index in [-0.39, 0.29) is 77.1 Å². The minimum atomic E-state index is -0.530. The van der Waals surface area contributed by atoms with Crippen molar-refractivity contribution >= 4 is 46.8 Å². The first kappa shape index (κ1) is 79.8. The summed E-state index contributed by atoms with van der Waals surface area (Å²) in [5.41, 5.74) is 4.94. The van der Waals surface area contributed by atoms with Gasteiger partial charge in [0, 0.05) is 19.3 Å². The van der Waals surface area contributed by atoms with E-state index < -0.39 is 18.2 Å². The average Bonchev–Trinajstić information content (AvgIpc) is 2.12. The number of halogens is 1. The molecule has 3 N–H and O–H groups in total. The van der Waals surface area contributed by atoms with Crippen LogP contribution >= 0.6 is 22.6 Å². The number of ether oxygens (including phenoxy) is 16. The van der Waals surface area contributed by atoms with Gasteiger partial charge >= 0.3 is 41.5 Å². The zero-order valence-electron chi connectivity index (χ0n) is 54.2. The molecule has 4 unspecified atom stereocenters. The van der Waals surface area contributed by atoms with Crippen molar-refractivity contribution in [2.75, 3.05) is 99.5 Å². The predicted molar refractivity (Wildman–Crippen MR) is 328 cm³/mol. The molecule has 2 heterocycles. The Kier molecular flexibility index (Phi) is 36.3. The van der Waals surface area contributed by atoms with E-state index in [1.807, 2.05) is 25.1 Å². The zero-order chi connectivity index (χ0) is 66.5. The van der Waals surface area contributed by atoms with Crippen molar-refractivity contribution in [2.45, 2.75) is 91.1 Å². The van der Waals surface area contributed by atoms with Gasteiger partial charge in [0.15, 0.2) is 57.5 Å². The van der Waals surface area contributed by atoms with Crippen LogP contribution in [0.2, 0.25) is 0 Å². The molecule has 488 valence electrons. The smallest absolute Gasteiger partial charge is 0.662 e. The van der Waals surface area contributed by atoms with E-state index in [4.69, 9.17) is 85.8 Å². The van der Waals surface area contributed by atoms with Crippen LogP contribution in [-0.4, -0.2) is 163 Å². The van der Waals surface area contributed by atoms with Gasteiger partial charge in [-0.1, -0.05) is 0 Å². The molecule has 89 heavy (non-hydrogen) atoms. The largest absolute Gasteiger partial charge is 1.00 e. The number of benzene rings is 5. The molecule has 2 aliphatic heterocycles. The number of phenolic OH excluding ortho intramolecular Hbond substituents is 1. The molecule has 0 radical (unpaired) electrons. The Bertz CT molecular complexity index is 3030. The minimum absolute atomic E-state index is 0. The fourth-order valence-electron chi connectivity index (χ4n) is 8.95. The molecule has 0 fully saturated rings. The molecular weight excluding hydrogens is 1290 g/mol. The summed E-state index contributed by atoms with van der Waals surface area (Å²) >= 11 is 2.18. The fourth-order valence-corrected chi connectivity index (χ4v) is 9.79. The van der Waals surface area contributed by atoms with Crippen molar-refractivity contribution < 1.29 is 150 Å². The molecule has 25 nitrogen and oxygen atoms in total. The number of ketones is 1. The van der Waals surface area contributed by atoms with Gasteiger partial charge in [-0.15, -0.1) is 0 Å². The van der Waals surface area contributed by atoms with E-state index >= 15 is 0 Å². The van der Waals surface area contributed by atoms with E-state index in [0.29, 0.717) is 118 Å². The van der Waals surface area contributed by atoms with Gasteiger partial charge in [-0.05, 0) is 140 Å². The van der Waals surface area contributed by atoms with Gasteiger partial charge in [0.2, 0.25) is 28.7 Å². The van der Waals surface area contributed by atoms with E-state index in [1.165, 1.54) is 28.4 Å². The number of hydrogen-bond donors (Lipinski definition) is 3. The maximum atomic E-state index is 11.9. The van der Waals surface area contributed by atoms with Crippen molar-refractivity contribution in [2.24, 2.45) is 0 Å². The van der Waals surface area contributed by atoms with E-state index in [2.05, 4.69) is 27.5 Å². The van der Waals surface area contributed by atoms with Crippen LogP contribution in [-0.2, 0) is 56.1 Å². The maximum absolute atomic E-state index is 11.9. The molecule has 5 aromatic carbocycles. The summed E-state index contributed by atoms with van der Waals surface area (Å²) in [4.78, 5) is 46.0. The number of Topliss-reactive ketones (excluding diaryl/α,β-unsaturated/α-hetero) is 1. The van der Waals surface area contributed by atoms with Crippen molar-refractivity contribution in [1.29, 1.82) is 0 Å². The molecular formula is C62H82INaO25. The number of aliphatic hydroxyl groups is 2. The second-order valence-electron chi connectivity index (χ2n) is 18.9. The Morgan fingerprint density at radius 2 is 0.854 bits per heavy atom. The number of phenols is 1. The molecule has 7 rings (SSSR count). The number of carbonyl (C=O) groups excluding carboxylic acids is 4. The van der Waals surface area contributed by atoms with Gasteiger partial charge in [-0.25, -0.2) is 9.59 Å². The van der Waals surface area contributed by atoms with Gasteiger partial charge in [-0.2, -0.15) is 0 Å². The fraction of sp³-hybridized carbons (Fsp3) is 0.452. The van der Waals surface area contributed by atoms with Crippen molar-refractivity contribution in [3.05, 3.63) is 85.0 Å².